The Balaban J connectivity index is 1.79. The highest BCUT2D eigenvalue weighted by molar-refractivity contribution is 5.97. The first-order chi connectivity index (χ1) is 12.4. The third-order valence-electron chi connectivity index (χ3n) is 5.27. The van der Waals surface area contributed by atoms with Crippen LogP contribution in [0.15, 0.2) is 36.4 Å². The van der Waals surface area contributed by atoms with E-state index >= 15 is 0 Å². The van der Waals surface area contributed by atoms with Gasteiger partial charge in [-0.3, -0.25) is 9.59 Å². The van der Waals surface area contributed by atoms with Crippen LogP contribution >= 0.6 is 0 Å². The smallest absolute Gasteiger partial charge is 0.254 e. The van der Waals surface area contributed by atoms with Gasteiger partial charge in [0.2, 0.25) is 5.91 Å². The van der Waals surface area contributed by atoms with Crippen molar-refractivity contribution in [3.8, 4) is 11.1 Å². The van der Waals surface area contributed by atoms with Gasteiger partial charge in [-0.25, -0.2) is 0 Å². The van der Waals surface area contributed by atoms with Crippen LogP contribution in [0.25, 0.3) is 11.1 Å². The van der Waals surface area contributed by atoms with Gasteiger partial charge < -0.3 is 9.80 Å². The second-order valence-corrected chi connectivity index (χ2v) is 7.03. The number of carbonyl (C=O) groups is 2. The lowest BCUT2D eigenvalue weighted by molar-refractivity contribution is -0.134. The van der Waals surface area contributed by atoms with Crippen molar-refractivity contribution in [3.05, 3.63) is 58.7 Å². The van der Waals surface area contributed by atoms with E-state index in [1.165, 1.54) is 22.3 Å². The molecule has 0 radical (unpaired) electrons. The number of rotatable bonds is 3. The van der Waals surface area contributed by atoms with Crippen LogP contribution in [0.1, 0.15) is 34.0 Å². The van der Waals surface area contributed by atoms with Crippen LogP contribution in [-0.2, 0) is 4.79 Å². The molecule has 0 aromatic heterocycles. The maximum Gasteiger partial charge on any atom is 0.254 e. The zero-order chi connectivity index (χ0) is 18.8. The van der Waals surface area contributed by atoms with E-state index in [4.69, 9.17) is 0 Å². The first-order valence-corrected chi connectivity index (χ1v) is 9.16. The van der Waals surface area contributed by atoms with Gasteiger partial charge in [-0.05, 0) is 67.6 Å². The third kappa shape index (κ3) is 3.50. The summed E-state index contributed by atoms with van der Waals surface area (Å²) >= 11 is 0. The molecule has 0 N–H and O–H groups in total. The van der Waals surface area contributed by atoms with E-state index in [-0.39, 0.29) is 18.4 Å². The molecule has 3 rings (SSSR count). The first-order valence-electron chi connectivity index (χ1n) is 9.16. The molecule has 0 saturated carbocycles. The molecule has 1 saturated heterocycles. The Morgan fingerprint density at radius 1 is 0.962 bits per heavy atom. The Morgan fingerprint density at radius 3 is 2.23 bits per heavy atom. The number of hydrogen-bond acceptors (Lipinski definition) is 2. The summed E-state index contributed by atoms with van der Waals surface area (Å²) in [4.78, 5) is 28.2. The average Bonchev–Trinajstić information content (AvgIpc) is 2.64. The van der Waals surface area contributed by atoms with Crippen molar-refractivity contribution < 1.29 is 9.59 Å². The SMILES string of the molecule is CCN1CCN(C(=O)c2ccc(-c3cc(C)c(C)cc3C)cc2)CC1=O. The van der Waals surface area contributed by atoms with E-state index in [1.807, 2.05) is 31.2 Å². The predicted octanol–water partition coefficient (Wildman–Crippen LogP) is 3.58. The fourth-order valence-electron chi connectivity index (χ4n) is 3.46. The molecule has 1 heterocycles. The Bertz CT molecular complexity index is 840. The summed E-state index contributed by atoms with van der Waals surface area (Å²) in [6, 6.07) is 12.1. The van der Waals surface area contributed by atoms with Crippen LogP contribution in [0.3, 0.4) is 0 Å². The summed E-state index contributed by atoms with van der Waals surface area (Å²) in [5.74, 6) is -0.0491. The van der Waals surface area contributed by atoms with Crippen molar-refractivity contribution in [1.82, 2.24) is 9.80 Å². The van der Waals surface area contributed by atoms with Crippen molar-refractivity contribution in [2.24, 2.45) is 0 Å². The van der Waals surface area contributed by atoms with E-state index < -0.39 is 0 Å². The summed E-state index contributed by atoms with van der Waals surface area (Å²) < 4.78 is 0. The summed E-state index contributed by atoms with van der Waals surface area (Å²) in [6.45, 7) is 10.4. The predicted molar refractivity (Wildman–Crippen MR) is 104 cm³/mol. The van der Waals surface area contributed by atoms with E-state index in [0.717, 1.165) is 5.56 Å². The topological polar surface area (TPSA) is 40.6 Å². The molecule has 0 bridgehead atoms. The van der Waals surface area contributed by atoms with Gasteiger partial charge in [0, 0.05) is 25.2 Å². The maximum atomic E-state index is 12.7. The second-order valence-electron chi connectivity index (χ2n) is 7.03. The number of benzene rings is 2. The monoisotopic (exact) mass is 350 g/mol. The summed E-state index contributed by atoms with van der Waals surface area (Å²) in [6.07, 6.45) is 0. The third-order valence-corrected chi connectivity index (χ3v) is 5.27. The number of likely N-dealkylation sites (N-methyl/N-ethyl adjacent to an activating group) is 1. The van der Waals surface area contributed by atoms with Gasteiger partial charge in [-0.15, -0.1) is 0 Å². The zero-order valence-electron chi connectivity index (χ0n) is 16.0. The van der Waals surface area contributed by atoms with Gasteiger partial charge in [-0.2, -0.15) is 0 Å². The maximum absolute atomic E-state index is 12.7. The van der Waals surface area contributed by atoms with Gasteiger partial charge in [0.05, 0.1) is 0 Å². The molecule has 1 aliphatic rings. The Labute approximate surface area is 155 Å². The minimum Gasteiger partial charge on any atom is -0.340 e. The lowest BCUT2D eigenvalue weighted by Gasteiger charge is -2.33. The fraction of sp³-hybridized carbons (Fsp3) is 0.364. The summed E-state index contributed by atoms with van der Waals surface area (Å²) in [5, 5.41) is 0. The molecular weight excluding hydrogens is 324 g/mol. The number of piperazine rings is 1. The first kappa shape index (κ1) is 18.2. The van der Waals surface area contributed by atoms with Crippen LogP contribution in [0.5, 0.6) is 0 Å². The van der Waals surface area contributed by atoms with Crippen LogP contribution in [0, 0.1) is 20.8 Å². The van der Waals surface area contributed by atoms with E-state index in [0.29, 0.717) is 25.2 Å². The van der Waals surface area contributed by atoms with Crippen LogP contribution in [0.4, 0.5) is 0 Å². The van der Waals surface area contributed by atoms with Crippen molar-refractivity contribution >= 4 is 11.8 Å². The summed E-state index contributed by atoms with van der Waals surface area (Å²) in [7, 11) is 0. The molecule has 0 unspecified atom stereocenters. The number of hydrogen-bond donors (Lipinski definition) is 0. The van der Waals surface area contributed by atoms with Gasteiger partial charge in [0.1, 0.15) is 6.54 Å². The normalized spacial score (nSPS) is 14.7. The average molecular weight is 350 g/mol. The molecule has 2 aromatic carbocycles. The van der Waals surface area contributed by atoms with Gasteiger partial charge in [0.15, 0.2) is 0 Å². The van der Waals surface area contributed by atoms with Gasteiger partial charge in [0.25, 0.3) is 5.91 Å². The Kier molecular flexibility index (Phi) is 5.12. The number of amides is 2. The molecule has 4 nitrogen and oxygen atoms in total. The minimum absolute atomic E-state index is 0.0227. The highest BCUT2D eigenvalue weighted by Crippen LogP contribution is 2.27. The van der Waals surface area contributed by atoms with Crippen LogP contribution < -0.4 is 0 Å². The fourth-order valence-corrected chi connectivity index (χ4v) is 3.46. The Morgan fingerprint density at radius 2 is 1.62 bits per heavy atom. The van der Waals surface area contributed by atoms with Crippen LogP contribution in [-0.4, -0.2) is 47.8 Å². The van der Waals surface area contributed by atoms with Gasteiger partial charge in [-0.1, -0.05) is 24.3 Å². The number of aryl methyl sites for hydroxylation is 3. The van der Waals surface area contributed by atoms with Crippen LogP contribution in [0.2, 0.25) is 0 Å². The van der Waals surface area contributed by atoms with Crippen molar-refractivity contribution in [3.63, 3.8) is 0 Å². The number of carbonyl (C=O) groups excluding carboxylic acids is 2. The minimum atomic E-state index is -0.0718. The van der Waals surface area contributed by atoms with Gasteiger partial charge >= 0.3 is 0 Å². The quantitative estimate of drug-likeness (QED) is 0.849. The van der Waals surface area contributed by atoms with E-state index in [1.54, 1.807) is 9.80 Å². The van der Waals surface area contributed by atoms with E-state index in [2.05, 4.69) is 32.9 Å². The second kappa shape index (κ2) is 7.32. The molecular formula is C22H26N2O2. The molecule has 136 valence electrons. The largest absolute Gasteiger partial charge is 0.340 e. The van der Waals surface area contributed by atoms with Crippen molar-refractivity contribution in [2.75, 3.05) is 26.2 Å². The van der Waals surface area contributed by atoms with Crippen molar-refractivity contribution in [2.45, 2.75) is 27.7 Å². The molecule has 0 atom stereocenters. The molecule has 26 heavy (non-hydrogen) atoms. The molecule has 1 aliphatic heterocycles. The molecule has 1 fully saturated rings. The molecule has 2 aromatic rings. The standard InChI is InChI=1S/C22H26N2O2/c1-5-23-10-11-24(14-21(23)25)22(26)19-8-6-18(7-9-19)20-13-16(3)15(2)12-17(20)4/h6-9,12-13H,5,10-11,14H2,1-4H3. The zero-order valence-corrected chi connectivity index (χ0v) is 16.0. The highest BCUT2D eigenvalue weighted by atomic mass is 16.2. The molecule has 2 amide bonds. The molecule has 0 aliphatic carbocycles. The summed E-state index contributed by atoms with van der Waals surface area (Å²) in [5.41, 5.74) is 6.71. The number of nitrogens with zero attached hydrogens (tertiary/aromatic N) is 2. The Hall–Kier alpha value is -2.62. The van der Waals surface area contributed by atoms with E-state index in [9.17, 15) is 9.59 Å². The lowest BCUT2D eigenvalue weighted by Crippen LogP contribution is -2.52. The van der Waals surface area contributed by atoms with Crippen molar-refractivity contribution in [1.29, 1.82) is 0 Å². The molecule has 4 heteroatoms. The molecule has 0 spiro atoms. The highest BCUT2D eigenvalue weighted by Gasteiger charge is 2.26. The lowest BCUT2D eigenvalue weighted by atomic mass is 9.95.